The zero-order valence-corrected chi connectivity index (χ0v) is 23.4. The number of anilines is 1. The number of nitrogens with zero attached hydrogens (tertiary/aromatic N) is 4. The summed E-state index contributed by atoms with van der Waals surface area (Å²) in [5.74, 6) is 0.552. The van der Waals surface area contributed by atoms with Crippen LogP contribution < -0.4 is 4.90 Å². The molecule has 8 nitrogen and oxygen atoms in total. The summed E-state index contributed by atoms with van der Waals surface area (Å²) in [5.41, 5.74) is 2.51. The summed E-state index contributed by atoms with van der Waals surface area (Å²) in [6.07, 6.45) is 7.95. The third-order valence-electron chi connectivity index (χ3n) is 7.26. The summed E-state index contributed by atoms with van der Waals surface area (Å²) in [4.78, 5) is 32.1. The Balaban J connectivity index is 1.89. The van der Waals surface area contributed by atoms with Crippen LogP contribution in [-0.4, -0.2) is 86.4 Å². The Kier molecular flexibility index (Phi) is 10.3. The molecule has 0 unspecified atom stereocenters. The minimum absolute atomic E-state index is 0.0259. The van der Waals surface area contributed by atoms with E-state index >= 15 is 0 Å². The van der Waals surface area contributed by atoms with Crippen LogP contribution in [-0.2, 0) is 21.4 Å². The van der Waals surface area contributed by atoms with Gasteiger partial charge in [-0.2, -0.15) is 4.31 Å². The molecule has 0 spiro atoms. The topological polar surface area (TPSA) is 81.2 Å². The molecule has 2 aliphatic rings. The molecule has 0 radical (unpaired) electrons. The van der Waals surface area contributed by atoms with Crippen molar-refractivity contribution in [3.8, 4) is 0 Å². The van der Waals surface area contributed by atoms with E-state index in [1.165, 1.54) is 23.4 Å². The molecular weight excluding hydrogens is 476 g/mol. The number of fused-ring (bicyclic) bond motifs is 1. The first-order chi connectivity index (χ1) is 17.1. The number of hydrogen-bond acceptors (Lipinski definition) is 5. The molecule has 2 amide bonds. The number of amides is 2. The first kappa shape index (κ1) is 28.6. The second kappa shape index (κ2) is 13.0. The summed E-state index contributed by atoms with van der Waals surface area (Å²) < 4.78 is 25.1. The second-order valence-corrected chi connectivity index (χ2v) is 12.7. The molecule has 0 atom stereocenters. The molecular formula is C27H44N4O4S. The minimum Gasteiger partial charge on any atom is -0.336 e. The SMILES string of the molecule is CC(=O)N1CCCCCCCN(CCC(C)C)Cc2cc(C(=O)N3CCN(S(C)(=O)=O)CC3)ccc21. The van der Waals surface area contributed by atoms with Crippen LogP contribution >= 0.6 is 0 Å². The summed E-state index contributed by atoms with van der Waals surface area (Å²) >= 11 is 0. The summed E-state index contributed by atoms with van der Waals surface area (Å²) in [5, 5.41) is 0. The van der Waals surface area contributed by atoms with Crippen LogP contribution in [0.5, 0.6) is 0 Å². The predicted octanol–water partition coefficient (Wildman–Crippen LogP) is 3.57. The average Bonchev–Trinajstić information content (AvgIpc) is 2.82. The van der Waals surface area contributed by atoms with Gasteiger partial charge in [0.2, 0.25) is 15.9 Å². The maximum Gasteiger partial charge on any atom is 0.253 e. The monoisotopic (exact) mass is 520 g/mol. The van der Waals surface area contributed by atoms with Crippen molar-refractivity contribution in [3.05, 3.63) is 29.3 Å². The van der Waals surface area contributed by atoms with E-state index in [0.29, 0.717) is 50.7 Å². The Morgan fingerprint density at radius 2 is 1.56 bits per heavy atom. The number of piperazine rings is 1. The Labute approximate surface area is 217 Å². The van der Waals surface area contributed by atoms with Gasteiger partial charge in [-0.15, -0.1) is 0 Å². The average molecular weight is 521 g/mol. The van der Waals surface area contributed by atoms with Crippen LogP contribution in [0.3, 0.4) is 0 Å². The molecule has 0 aliphatic carbocycles. The van der Waals surface area contributed by atoms with Crippen molar-refractivity contribution in [2.75, 3.05) is 57.0 Å². The third-order valence-corrected chi connectivity index (χ3v) is 8.57. The number of hydrogen-bond donors (Lipinski definition) is 0. The molecule has 1 fully saturated rings. The van der Waals surface area contributed by atoms with E-state index in [1.807, 2.05) is 23.1 Å². The van der Waals surface area contributed by atoms with Crippen LogP contribution in [0.25, 0.3) is 0 Å². The van der Waals surface area contributed by atoms with Crippen molar-refractivity contribution in [3.63, 3.8) is 0 Å². The number of sulfonamides is 1. The van der Waals surface area contributed by atoms with Crippen molar-refractivity contribution in [2.45, 2.75) is 65.8 Å². The van der Waals surface area contributed by atoms with Gasteiger partial charge < -0.3 is 9.80 Å². The van der Waals surface area contributed by atoms with Crippen LogP contribution in [0.4, 0.5) is 5.69 Å². The zero-order valence-electron chi connectivity index (χ0n) is 22.5. The first-order valence-electron chi connectivity index (χ1n) is 13.4. The van der Waals surface area contributed by atoms with Gasteiger partial charge in [-0.1, -0.05) is 33.1 Å². The number of carbonyl (C=O) groups excluding carboxylic acids is 2. The zero-order chi connectivity index (χ0) is 26.3. The molecule has 1 aromatic rings. The van der Waals surface area contributed by atoms with E-state index in [9.17, 15) is 18.0 Å². The van der Waals surface area contributed by atoms with E-state index in [2.05, 4.69) is 18.7 Å². The standard InChI is InChI=1S/C27H44N4O4S/c1-22(2)12-15-28-13-8-6-5-7-9-14-31(23(3)32)26-11-10-24(20-25(26)21-28)27(33)29-16-18-30(19-17-29)36(4,34)35/h10-11,20,22H,5-9,12-19,21H2,1-4H3. The predicted molar refractivity (Wildman–Crippen MR) is 145 cm³/mol. The van der Waals surface area contributed by atoms with Gasteiger partial charge in [0, 0.05) is 57.4 Å². The number of carbonyl (C=O) groups is 2. The minimum atomic E-state index is -3.25. The van der Waals surface area contributed by atoms with Gasteiger partial charge in [-0.25, -0.2) is 8.42 Å². The lowest BCUT2D eigenvalue weighted by Crippen LogP contribution is -2.50. The molecule has 0 N–H and O–H groups in total. The Morgan fingerprint density at radius 1 is 0.917 bits per heavy atom. The van der Waals surface area contributed by atoms with E-state index < -0.39 is 10.0 Å². The van der Waals surface area contributed by atoms with E-state index in [-0.39, 0.29) is 11.8 Å². The normalized spacial score (nSPS) is 19.5. The van der Waals surface area contributed by atoms with E-state index in [1.54, 1.807) is 11.8 Å². The van der Waals surface area contributed by atoms with Crippen LogP contribution in [0, 0.1) is 5.92 Å². The maximum absolute atomic E-state index is 13.4. The van der Waals surface area contributed by atoms with E-state index in [0.717, 1.165) is 50.0 Å². The van der Waals surface area contributed by atoms with Gasteiger partial charge in [0.1, 0.15) is 0 Å². The molecule has 36 heavy (non-hydrogen) atoms. The first-order valence-corrected chi connectivity index (χ1v) is 15.3. The van der Waals surface area contributed by atoms with Crippen molar-refractivity contribution < 1.29 is 18.0 Å². The highest BCUT2D eigenvalue weighted by molar-refractivity contribution is 7.88. The van der Waals surface area contributed by atoms with E-state index in [4.69, 9.17) is 0 Å². The molecule has 0 bridgehead atoms. The van der Waals surface area contributed by atoms with Crippen molar-refractivity contribution in [1.82, 2.24) is 14.1 Å². The summed E-state index contributed by atoms with van der Waals surface area (Å²) in [6.45, 7) is 10.9. The highest BCUT2D eigenvalue weighted by Crippen LogP contribution is 2.27. The van der Waals surface area contributed by atoms with Gasteiger partial charge in [0.05, 0.1) is 6.26 Å². The number of benzene rings is 1. The summed E-state index contributed by atoms with van der Waals surface area (Å²) in [7, 11) is -3.25. The van der Waals surface area contributed by atoms with Gasteiger partial charge in [0.15, 0.2) is 0 Å². The molecule has 0 aromatic heterocycles. The molecule has 1 aromatic carbocycles. The van der Waals surface area contributed by atoms with Crippen molar-refractivity contribution in [2.24, 2.45) is 5.92 Å². The molecule has 9 heteroatoms. The molecule has 3 rings (SSSR count). The van der Waals surface area contributed by atoms with Crippen molar-refractivity contribution in [1.29, 1.82) is 0 Å². The fourth-order valence-electron chi connectivity index (χ4n) is 5.05. The Bertz CT molecular complexity index is 1000. The van der Waals surface area contributed by atoms with Gasteiger partial charge >= 0.3 is 0 Å². The maximum atomic E-state index is 13.4. The molecule has 0 saturated carbocycles. The van der Waals surface area contributed by atoms with Crippen molar-refractivity contribution >= 4 is 27.5 Å². The second-order valence-electron chi connectivity index (χ2n) is 10.7. The highest BCUT2D eigenvalue weighted by Gasteiger charge is 2.27. The largest absolute Gasteiger partial charge is 0.336 e. The van der Waals surface area contributed by atoms with Crippen LogP contribution in [0.1, 0.15) is 75.2 Å². The third kappa shape index (κ3) is 8.02. The summed E-state index contributed by atoms with van der Waals surface area (Å²) in [6, 6.07) is 5.72. The lowest BCUT2D eigenvalue weighted by atomic mass is 10.0. The van der Waals surface area contributed by atoms with Gasteiger partial charge in [-0.3, -0.25) is 14.5 Å². The molecule has 202 valence electrons. The molecule has 2 aliphatic heterocycles. The Hall–Kier alpha value is -1.97. The fraction of sp³-hybridized carbons (Fsp3) is 0.704. The van der Waals surface area contributed by atoms with Crippen LogP contribution in [0.2, 0.25) is 0 Å². The number of rotatable bonds is 5. The quantitative estimate of drug-likeness (QED) is 0.593. The molecule has 2 heterocycles. The van der Waals surface area contributed by atoms with Gasteiger partial charge in [0.25, 0.3) is 5.91 Å². The lowest BCUT2D eigenvalue weighted by molar-refractivity contribution is -0.116. The van der Waals surface area contributed by atoms with Gasteiger partial charge in [-0.05, 0) is 62.0 Å². The van der Waals surface area contributed by atoms with Crippen LogP contribution in [0.15, 0.2) is 18.2 Å². The Morgan fingerprint density at radius 3 is 2.17 bits per heavy atom. The lowest BCUT2D eigenvalue weighted by Gasteiger charge is -2.34. The molecule has 1 saturated heterocycles. The fourth-order valence-corrected chi connectivity index (χ4v) is 5.88. The smallest absolute Gasteiger partial charge is 0.253 e. The highest BCUT2D eigenvalue weighted by atomic mass is 32.2.